The zero-order valence-electron chi connectivity index (χ0n) is 15.0. The summed E-state index contributed by atoms with van der Waals surface area (Å²) in [5, 5.41) is 13.2. The number of anilines is 3. The van der Waals surface area contributed by atoms with Gasteiger partial charge in [0, 0.05) is 6.54 Å². The minimum atomic E-state index is -4.48. The van der Waals surface area contributed by atoms with Crippen molar-refractivity contribution >= 4 is 17.5 Å². The quantitative estimate of drug-likeness (QED) is 0.628. The lowest BCUT2D eigenvalue weighted by Crippen LogP contribution is -2.11. The molecule has 1 heterocycles. The van der Waals surface area contributed by atoms with Gasteiger partial charge in [0.1, 0.15) is 5.75 Å². The van der Waals surface area contributed by atoms with E-state index < -0.39 is 11.7 Å². The number of nitrogens with one attached hydrogen (secondary N) is 2. The summed E-state index contributed by atoms with van der Waals surface area (Å²) in [5.41, 5.74) is 0.177. The number of benzene rings is 2. The zero-order valence-corrected chi connectivity index (χ0v) is 15.0. The van der Waals surface area contributed by atoms with E-state index in [0.29, 0.717) is 12.4 Å². The SMILES string of the molecule is COc1ccc(CCNc2cnnc(Nc3ccccc3C(F)(F)F)n2)cc1. The molecule has 28 heavy (non-hydrogen) atoms. The lowest BCUT2D eigenvalue weighted by Gasteiger charge is -2.13. The Morgan fingerprint density at radius 1 is 1.04 bits per heavy atom. The molecule has 0 atom stereocenters. The van der Waals surface area contributed by atoms with Crippen LogP contribution in [0.25, 0.3) is 0 Å². The van der Waals surface area contributed by atoms with Crippen LogP contribution in [0.4, 0.5) is 30.6 Å². The fourth-order valence-electron chi connectivity index (χ4n) is 2.53. The largest absolute Gasteiger partial charge is 0.497 e. The lowest BCUT2D eigenvalue weighted by atomic mass is 10.1. The molecule has 146 valence electrons. The van der Waals surface area contributed by atoms with Crippen LogP contribution in [0.15, 0.2) is 54.7 Å². The third-order valence-corrected chi connectivity index (χ3v) is 3.92. The number of halogens is 3. The van der Waals surface area contributed by atoms with Gasteiger partial charge >= 0.3 is 6.18 Å². The first kappa shape index (κ1) is 19.4. The van der Waals surface area contributed by atoms with Gasteiger partial charge in [-0.2, -0.15) is 23.3 Å². The minimum Gasteiger partial charge on any atom is -0.497 e. The normalized spacial score (nSPS) is 11.1. The van der Waals surface area contributed by atoms with Crippen molar-refractivity contribution in [2.24, 2.45) is 0 Å². The van der Waals surface area contributed by atoms with Gasteiger partial charge in [0.05, 0.1) is 24.6 Å². The highest BCUT2D eigenvalue weighted by atomic mass is 19.4. The summed E-state index contributed by atoms with van der Waals surface area (Å²) in [5.74, 6) is 1.17. The third-order valence-electron chi connectivity index (χ3n) is 3.92. The first-order chi connectivity index (χ1) is 13.5. The van der Waals surface area contributed by atoms with E-state index >= 15 is 0 Å². The van der Waals surface area contributed by atoms with Gasteiger partial charge in [0.15, 0.2) is 5.82 Å². The van der Waals surface area contributed by atoms with E-state index in [0.717, 1.165) is 23.8 Å². The Morgan fingerprint density at radius 2 is 1.79 bits per heavy atom. The summed E-state index contributed by atoms with van der Waals surface area (Å²) >= 11 is 0. The van der Waals surface area contributed by atoms with Crippen LogP contribution in [0.1, 0.15) is 11.1 Å². The highest BCUT2D eigenvalue weighted by Gasteiger charge is 2.33. The molecular formula is C19H18F3N5O. The van der Waals surface area contributed by atoms with E-state index in [4.69, 9.17) is 4.74 Å². The zero-order chi connectivity index (χ0) is 20.0. The maximum absolute atomic E-state index is 13.1. The van der Waals surface area contributed by atoms with Crippen LogP contribution in [0.2, 0.25) is 0 Å². The smallest absolute Gasteiger partial charge is 0.418 e. The Hall–Kier alpha value is -3.36. The van der Waals surface area contributed by atoms with Gasteiger partial charge in [-0.3, -0.25) is 0 Å². The topological polar surface area (TPSA) is 72.0 Å². The van der Waals surface area contributed by atoms with E-state index in [1.165, 1.54) is 24.4 Å². The molecule has 0 saturated heterocycles. The Labute approximate surface area is 159 Å². The predicted molar refractivity (Wildman–Crippen MR) is 99.7 cm³/mol. The van der Waals surface area contributed by atoms with Gasteiger partial charge in [0.25, 0.3) is 0 Å². The molecule has 0 radical (unpaired) electrons. The summed E-state index contributed by atoms with van der Waals surface area (Å²) in [7, 11) is 1.61. The fourth-order valence-corrected chi connectivity index (χ4v) is 2.53. The standard InChI is InChI=1S/C19H18F3N5O/c1-28-14-8-6-13(7-9-14)10-11-23-17-12-24-27-18(26-17)25-16-5-3-2-4-15(16)19(20,21)22/h2-9,12H,10-11H2,1H3,(H2,23,25,26,27). The van der Waals surface area contributed by atoms with E-state index in [9.17, 15) is 13.2 Å². The van der Waals surface area contributed by atoms with Gasteiger partial charge in [-0.05, 0) is 36.2 Å². The van der Waals surface area contributed by atoms with Crippen molar-refractivity contribution in [2.45, 2.75) is 12.6 Å². The molecule has 2 aromatic carbocycles. The molecule has 0 amide bonds. The Morgan fingerprint density at radius 3 is 2.50 bits per heavy atom. The van der Waals surface area contributed by atoms with Crippen molar-refractivity contribution in [1.29, 1.82) is 0 Å². The molecule has 0 aliphatic heterocycles. The Balaban J connectivity index is 1.63. The van der Waals surface area contributed by atoms with E-state index in [2.05, 4.69) is 25.8 Å². The molecule has 0 spiro atoms. The monoisotopic (exact) mass is 389 g/mol. The van der Waals surface area contributed by atoms with Crippen molar-refractivity contribution < 1.29 is 17.9 Å². The molecule has 0 bridgehead atoms. The highest BCUT2D eigenvalue weighted by Crippen LogP contribution is 2.35. The molecule has 0 unspecified atom stereocenters. The molecule has 2 N–H and O–H groups in total. The number of para-hydroxylation sites is 1. The van der Waals surface area contributed by atoms with Gasteiger partial charge < -0.3 is 15.4 Å². The van der Waals surface area contributed by atoms with Crippen LogP contribution >= 0.6 is 0 Å². The van der Waals surface area contributed by atoms with Gasteiger partial charge in [0.2, 0.25) is 5.95 Å². The second-order valence-electron chi connectivity index (χ2n) is 5.86. The Kier molecular flexibility index (Phi) is 5.93. The number of hydrogen-bond acceptors (Lipinski definition) is 6. The molecular weight excluding hydrogens is 371 g/mol. The van der Waals surface area contributed by atoms with Crippen LogP contribution in [0, 0.1) is 0 Å². The fraction of sp³-hybridized carbons (Fsp3) is 0.211. The first-order valence-corrected chi connectivity index (χ1v) is 8.45. The summed E-state index contributed by atoms with van der Waals surface area (Å²) < 4.78 is 44.4. The number of methoxy groups -OCH3 is 1. The van der Waals surface area contributed by atoms with E-state index in [1.54, 1.807) is 7.11 Å². The van der Waals surface area contributed by atoms with Gasteiger partial charge in [-0.15, -0.1) is 5.10 Å². The van der Waals surface area contributed by atoms with E-state index in [-0.39, 0.29) is 11.6 Å². The average Bonchev–Trinajstić information content (AvgIpc) is 2.68. The van der Waals surface area contributed by atoms with Crippen LogP contribution in [0.3, 0.4) is 0 Å². The minimum absolute atomic E-state index is 0.0221. The molecule has 0 fully saturated rings. The maximum Gasteiger partial charge on any atom is 0.418 e. The summed E-state index contributed by atoms with van der Waals surface area (Å²) in [6.45, 7) is 0.573. The van der Waals surface area contributed by atoms with Crippen LogP contribution in [-0.4, -0.2) is 28.8 Å². The molecule has 6 nitrogen and oxygen atoms in total. The molecule has 0 aliphatic rings. The first-order valence-electron chi connectivity index (χ1n) is 8.45. The molecule has 0 saturated carbocycles. The van der Waals surface area contributed by atoms with E-state index in [1.807, 2.05) is 24.3 Å². The van der Waals surface area contributed by atoms with Crippen molar-refractivity contribution in [3.63, 3.8) is 0 Å². The second-order valence-corrected chi connectivity index (χ2v) is 5.86. The van der Waals surface area contributed by atoms with Crippen molar-refractivity contribution in [1.82, 2.24) is 15.2 Å². The van der Waals surface area contributed by atoms with Crippen LogP contribution in [-0.2, 0) is 12.6 Å². The molecule has 3 aromatic rings. The Bertz CT molecular complexity index is 916. The van der Waals surface area contributed by atoms with Crippen LogP contribution < -0.4 is 15.4 Å². The number of aromatic nitrogens is 3. The highest BCUT2D eigenvalue weighted by molar-refractivity contribution is 5.59. The predicted octanol–water partition coefficient (Wildman–Crippen LogP) is 4.30. The van der Waals surface area contributed by atoms with Crippen molar-refractivity contribution in [2.75, 3.05) is 24.3 Å². The number of rotatable bonds is 7. The molecule has 9 heteroatoms. The summed E-state index contributed by atoms with van der Waals surface area (Å²) in [4.78, 5) is 4.17. The maximum atomic E-state index is 13.1. The third kappa shape index (κ3) is 5.09. The molecule has 1 aromatic heterocycles. The van der Waals surface area contributed by atoms with Gasteiger partial charge in [-0.1, -0.05) is 24.3 Å². The van der Waals surface area contributed by atoms with Gasteiger partial charge in [-0.25, -0.2) is 0 Å². The van der Waals surface area contributed by atoms with Crippen LogP contribution in [0.5, 0.6) is 5.75 Å². The summed E-state index contributed by atoms with van der Waals surface area (Å²) in [6, 6.07) is 12.8. The van der Waals surface area contributed by atoms with Crippen molar-refractivity contribution in [3.8, 4) is 5.75 Å². The average molecular weight is 389 g/mol. The summed E-state index contributed by atoms with van der Waals surface area (Å²) in [6.07, 6.45) is -2.34. The number of hydrogen-bond donors (Lipinski definition) is 2. The lowest BCUT2D eigenvalue weighted by molar-refractivity contribution is -0.136. The molecule has 0 aliphatic carbocycles. The molecule has 3 rings (SSSR count). The number of nitrogens with zero attached hydrogens (tertiary/aromatic N) is 3. The second kappa shape index (κ2) is 8.55. The van der Waals surface area contributed by atoms with Crippen molar-refractivity contribution in [3.05, 3.63) is 65.9 Å². The number of alkyl halides is 3. The number of ether oxygens (including phenoxy) is 1.